The third-order valence-electron chi connectivity index (χ3n) is 7.58. The third kappa shape index (κ3) is 11.3. The molecule has 1 aliphatic heterocycles. The van der Waals surface area contributed by atoms with E-state index in [-0.39, 0.29) is 32.4 Å². The van der Waals surface area contributed by atoms with E-state index in [9.17, 15) is 9.90 Å². The maximum atomic E-state index is 12.2. The van der Waals surface area contributed by atoms with Gasteiger partial charge >= 0.3 is 12.1 Å². The predicted octanol–water partition coefficient (Wildman–Crippen LogP) is 4.09. The van der Waals surface area contributed by atoms with Crippen LogP contribution in [0.3, 0.4) is 0 Å². The fraction of sp³-hybridized carbons (Fsp3) is 0.444. The van der Waals surface area contributed by atoms with Crippen molar-refractivity contribution in [3.8, 4) is 6.01 Å². The fourth-order valence-electron chi connectivity index (χ4n) is 5.26. The van der Waals surface area contributed by atoms with Crippen molar-refractivity contribution in [1.82, 2.24) is 25.5 Å². The van der Waals surface area contributed by atoms with Crippen molar-refractivity contribution in [2.24, 2.45) is 0 Å². The van der Waals surface area contributed by atoms with Gasteiger partial charge in [-0.1, -0.05) is 96.1 Å². The number of rotatable bonds is 17. The molecule has 1 fully saturated rings. The number of hydrogen-bond acceptors (Lipinski definition) is 11. The maximum Gasteiger partial charge on any atom is 0.408 e. The molecule has 1 amide bonds. The second-order valence-corrected chi connectivity index (χ2v) is 12.7. The molecule has 2 heterocycles. The molecule has 0 unspecified atom stereocenters. The van der Waals surface area contributed by atoms with Crippen molar-refractivity contribution in [3.63, 3.8) is 0 Å². The Hall–Kier alpha value is -4.40. The molecule has 2 N–H and O–H groups in total. The highest BCUT2D eigenvalue weighted by molar-refractivity contribution is 5.68. The van der Waals surface area contributed by atoms with Gasteiger partial charge in [-0.15, -0.1) is 0 Å². The highest BCUT2D eigenvalue weighted by Gasteiger charge is 2.47. The quantitative estimate of drug-likeness (QED) is 0.167. The second kappa shape index (κ2) is 17.8. The summed E-state index contributed by atoms with van der Waals surface area (Å²) in [5.41, 5.74) is 2.38. The van der Waals surface area contributed by atoms with E-state index in [1.807, 2.05) is 91.0 Å². The van der Waals surface area contributed by atoms with E-state index < -0.39 is 42.2 Å². The number of benzene rings is 3. The first-order chi connectivity index (χ1) is 23.8. The van der Waals surface area contributed by atoms with Crippen molar-refractivity contribution in [2.75, 3.05) is 19.8 Å². The largest absolute Gasteiger partial charge is 0.460 e. The van der Waals surface area contributed by atoms with Gasteiger partial charge in [-0.3, -0.25) is 0 Å². The zero-order valence-corrected chi connectivity index (χ0v) is 28.1. The van der Waals surface area contributed by atoms with Gasteiger partial charge in [-0.2, -0.15) is 4.68 Å². The van der Waals surface area contributed by atoms with Gasteiger partial charge in [0.05, 0.1) is 45.6 Å². The van der Waals surface area contributed by atoms with E-state index in [0.717, 1.165) is 16.7 Å². The molecule has 13 nitrogen and oxygen atoms in total. The molecule has 1 saturated heterocycles. The van der Waals surface area contributed by atoms with Crippen molar-refractivity contribution in [2.45, 2.75) is 83.2 Å². The molecule has 1 aliphatic rings. The van der Waals surface area contributed by atoms with E-state index in [2.05, 4.69) is 20.8 Å². The number of carbonyl (C=O) groups excluding carboxylic acids is 1. The Morgan fingerprint density at radius 2 is 1.41 bits per heavy atom. The van der Waals surface area contributed by atoms with E-state index in [0.29, 0.717) is 19.8 Å². The van der Waals surface area contributed by atoms with Gasteiger partial charge in [0.2, 0.25) is 0 Å². The average molecular weight is 676 g/mol. The van der Waals surface area contributed by atoms with Crippen molar-refractivity contribution >= 4 is 6.09 Å². The lowest BCUT2D eigenvalue weighted by molar-refractivity contribution is -0.0899. The molecule has 4 aromatic rings. The minimum Gasteiger partial charge on any atom is -0.460 e. The minimum absolute atomic E-state index is 0.0837. The topological polar surface area (TPSA) is 148 Å². The summed E-state index contributed by atoms with van der Waals surface area (Å²) in [7, 11) is 0. The summed E-state index contributed by atoms with van der Waals surface area (Å²) in [6, 6.07) is 29.1. The molecule has 13 heteroatoms. The number of amides is 1. The Kier molecular flexibility index (Phi) is 13.1. The molecule has 0 spiro atoms. The van der Waals surface area contributed by atoms with Crippen molar-refractivity contribution in [3.05, 3.63) is 108 Å². The summed E-state index contributed by atoms with van der Waals surface area (Å²) in [5.74, 6) is 0. The van der Waals surface area contributed by atoms with Crippen LogP contribution in [0, 0.1) is 0 Å². The number of tetrazole rings is 1. The molecular formula is C36H45N5O8. The second-order valence-electron chi connectivity index (χ2n) is 12.7. The van der Waals surface area contributed by atoms with Crippen LogP contribution in [0.1, 0.15) is 37.5 Å². The van der Waals surface area contributed by atoms with Crippen molar-refractivity contribution in [1.29, 1.82) is 0 Å². The monoisotopic (exact) mass is 675 g/mol. The molecule has 0 aliphatic carbocycles. The Balaban J connectivity index is 1.31. The minimum atomic E-state index is -0.758. The smallest absolute Gasteiger partial charge is 0.408 e. The van der Waals surface area contributed by atoms with Gasteiger partial charge in [0.1, 0.15) is 36.6 Å². The van der Waals surface area contributed by atoms with Gasteiger partial charge in [-0.25, -0.2) is 4.79 Å². The highest BCUT2D eigenvalue weighted by atomic mass is 16.6. The standard InChI is InChI=1S/C36H45N5O8/c1-36(2,3)49-35(43)37-29(20-42)24-47-34-38-39-40-41(34)19-30-32(45-22-27-15-9-5-10-16-27)33(46-23-28-17-11-6-12-18-28)31(48-30)25-44-21-26-13-7-4-8-14-26/h4-18,29-33,42H,19-25H2,1-3H3,(H,37,43)/t29-,30-,31-,32+,33-/m1/s1. The van der Waals surface area contributed by atoms with Crippen LogP contribution in [0.15, 0.2) is 91.0 Å². The lowest BCUT2D eigenvalue weighted by atomic mass is 10.1. The molecule has 0 radical (unpaired) electrons. The van der Waals surface area contributed by atoms with E-state index >= 15 is 0 Å². The molecule has 5 atom stereocenters. The number of alkyl carbamates (subject to hydrolysis) is 1. The number of nitrogens with one attached hydrogen (secondary N) is 1. The van der Waals surface area contributed by atoms with Gasteiger partial charge in [-0.05, 0) is 47.9 Å². The number of aliphatic hydroxyl groups is 1. The Labute approximate surface area is 286 Å². The first-order valence-corrected chi connectivity index (χ1v) is 16.3. The van der Waals surface area contributed by atoms with Gasteiger partial charge < -0.3 is 38.8 Å². The number of nitrogens with zero attached hydrogens (tertiary/aromatic N) is 4. The predicted molar refractivity (Wildman–Crippen MR) is 178 cm³/mol. The van der Waals surface area contributed by atoms with Crippen LogP contribution in [0.4, 0.5) is 4.79 Å². The molecule has 5 rings (SSSR count). The van der Waals surface area contributed by atoms with Crippen LogP contribution in [0.25, 0.3) is 0 Å². The Morgan fingerprint density at radius 1 is 0.857 bits per heavy atom. The lowest BCUT2D eigenvalue weighted by Crippen LogP contribution is -2.44. The van der Waals surface area contributed by atoms with Crippen LogP contribution >= 0.6 is 0 Å². The first-order valence-electron chi connectivity index (χ1n) is 16.3. The van der Waals surface area contributed by atoms with Gasteiger partial charge in [0.15, 0.2) is 0 Å². The van der Waals surface area contributed by atoms with Gasteiger partial charge in [0, 0.05) is 0 Å². The van der Waals surface area contributed by atoms with E-state index in [1.54, 1.807) is 20.8 Å². The number of aliphatic hydroxyl groups excluding tert-OH is 1. The molecule has 0 saturated carbocycles. The summed E-state index contributed by atoms with van der Waals surface area (Å²) >= 11 is 0. The number of ether oxygens (including phenoxy) is 6. The first kappa shape index (κ1) is 35.9. The molecular weight excluding hydrogens is 630 g/mol. The fourth-order valence-corrected chi connectivity index (χ4v) is 5.26. The molecule has 49 heavy (non-hydrogen) atoms. The summed E-state index contributed by atoms with van der Waals surface area (Å²) in [6.45, 7) is 6.33. The zero-order valence-electron chi connectivity index (χ0n) is 28.1. The van der Waals surface area contributed by atoms with E-state index in [1.165, 1.54) is 4.68 Å². The van der Waals surface area contributed by atoms with Crippen LogP contribution in [0.5, 0.6) is 6.01 Å². The van der Waals surface area contributed by atoms with Crippen LogP contribution in [0.2, 0.25) is 0 Å². The lowest BCUT2D eigenvalue weighted by Gasteiger charge is -2.25. The SMILES string of the molecule is CC(C)(C)OC(=O)N[C@H](CO)COc1nnnn1C[C@H]1O[C@H](COCc2ccccc2)[C@@H](OCc2ccccc2)[C@H]1OCc1ccccc1. The normalized spacial score (nSPS) is 19.8. The maximum absolute atomic E-state index is 12.2. The summed E-state index contributed by atoms with van der Waals surface area (Å²) in [4.78, 5) is 12.2. The number of carbonyl (C=O) groups is 1. The average Bonchev–Trinajstić information content (AvgIpc) is 3.68. The van der Waals surface area contributed by atoms with Gasteiger partial charge in [0.25, 0.3) is 0 Å². The molecule has 262 valence electrons. The zero-order chi connectivity index (χ0) is 34.5. The summed E-state index contributed by atoms with van der Waals surface area (Å²) in [6.07, 6.45) is -2.69. The van der Waals surface area contributed by atoms with E-state index in [4.69, 9.17) is 28.4 Å². The van der Waals surface area contributed by atoms with Crippen molar-refractivity contribution < 1.29 is 38.3 Å². The van der Waals surface area contributed by atoms with Crippen LogP contribution in [-0.2, 0) is 50.0 Å². The molecule has 3 aromatic carbocycles. The molecule has 0 bridgehead atoms. The third-order valence-corrected chi connectivity index (χ3v) is 7.58. The number of hydrogen-bond donors (Lipinski definition) is 2. The van der Waals surface area contributed by atoms with Crippen LogP contribution in [-0.4, -0.2) is 87.3 Å². The Morgan fingerprint density at radius 3 is 1.96 bits per heavy atom. The summed E-state index contributed by atoms with van der Waals surface area (Å²) < 4.78 is 38.5. The van der Waals surface area contributed by atoms with Crippen LogP contribution < -0.4 is 10.1 Å². The highest BCUT2D eigenvalue weighted by Crippen LogP contribution is 2.31. The Bertz CT molecular complexity index is 1540. The number of aromatic nitrogens is 4. The molecule has 1 aromatic heterocycles. The summed E-state index contributed by atoms with van der Waals surface area (Å²) in [5, 5.41) is 24.4.